The van der Waals surface area contributed by atoms with E-state index in [0.29, 0.717) is 5.56 Å². The molecule has 0 spiro atoms. The van der Waals surface area contributed by atoms with E-state index < -0.39 is 38.5 Å². The average Bonchev–Trinajstić information content (AvgIpc) is 3.28. The Labute approximate surface area is 237 Å². The summed E-state index contributed by atoms with van der Waals surface area (Å²) >= 11 is -2.56. The molecule has 6 heteroatoms. The molecule has 1 aromatic carbocycles. The first-order chi connectivity index (χ1) is 18.1. The predicted octanol–water partition coefficient (Wildman–Crippen LogP) is 8.97. The van der Waals surface area contributed by atoms with Crippen molar-refractivity contribution in [2.24, 2.45) is 5.92 Å². The number of carbonyl (C=O) groups excluding carboxylic acids is 2. The topological polar surface area (TPSA) is 52.6 Å². The normalized spacial score (nSPS) is 19.1. The summed E-state index contributed by atoms with van der Waals surface area (Å²) in [7, 11) is -0.154. The van der Waals surface area contributed by atoms with Gasteiger partial charge in [0.2, 0.25) is 0 Å². The van der Waals surface area contributed by atoms with Gasteiger partial charge in [0.1, 0.15) is 0 Å². The second-order valence-electron chi connectivity index (χ2n) is 12.2. The Balaban J connectivity index is 2.43. The molecule has 2 atom stereocenters. The molecule has 0 amide bonds. The Bertz CT molecular complexity index is 926. The SMILES string of the molecule is CCC[CH2][Sn](/[CH]=C1/CC(C(=O)O[C@H](C(=O)OC)c2ccccc2)C/C1=C/[Si](C)(C)C)([CH2]CCC)[CH2]CCC. The van der Waals surface area contributed by atoms with Crippen LogP contribution in [-0.2, 0) is 19.1 Å². The third-order valence-electron chi connectivity index (χ3n) is 7.60. The van der Waals surface area contributed by atoms with Crippen molar-refractivity contribution in [2.45, 2.75) is 111 Å². The Kier molecular flexibility index (Phi) is 13.9. The first-order valence-corrected chi connectivity index (χ1v) is 26.1. The minimum atomic E-state index is -2.56. The van der Waals surface area contributed by atoms with Crippen molar-refractivity contribution in [1.29, 1.82) is 0 Å². The zero-order valence-electron chi connectivity index (χ0n) is 25.1. The van der Waals surface area contributed by atoms with Crippen molar-refractivity contribution in [2.75, 3.05) is 7.11 Å². The van der Waals surface area contributed by atoms with Crippen molar-refractivity contribution in [3.05, 3.63) is 56.8 Å². The standard InChI is InChI=1S/C20H25O4Si.3C4H9.Sn/c1-14-11-16(12-17(14)13-25(3,4)5)19(21)24-18(20(22)23-2)15-9-7-6-8-10-15;3*1-3-4-2;/h1,6-10,13,16,18H,11-12H2,2-5H3;3*1,3-4H2,2H3;/b14-1?,17-13-;;;;/t16?,18-;;;;/m0..../s1. The van der Waals surface area contributed by atoms with E-state index in [2.05, 4.69) is 50.2 Å². The minimum absolute atomic E-state index is 0.243. The van der Waals surface area contributed by atoms with Crippen LogP contribution in [0.25, 0.3) is 0 Å². The first kappa shape index (κ1) is 32.9. The van der Waals surface area contributed by atoms with Crippen molar-refractivity contribution in [3.63, 3.8) is 0 Å². The molecule has 38 heavy (non-hydrogen) atoms. The van der Waals surface area contributed by atoms with Gasteiger partial charge >= 0.3 is 239 Å². The summed E-state index contributed by atoms with van der Waals surface area (Å²) < 4.78 is 17.9. The van der Waals surface area contributed by atoms with Gasteiger partial charge in [0.05, 0.1) is 0 Å². The van der Waals surface area contributed by atoms with E-state index in [4.69, 9.17) is 9.47 Å². The van der Waals surface area contributed by atoms with Gasteiger partial charge in [-0.15, -0.1) is 0 Å². The molecule has 0 radical (unpaired) electrons. The van der Waals surface area contributed by atoms with Crippen LogP contribution in [0.1, 0.15) is 83.8 Å². The van der Waals surface area contributed by atoms with Gasteiger partial charge in [-0.05, 0) is 0 Å². The van der Waals surface area contributed by atoms with Gasteiger partial charge in [0, 0.05) is 0 Å². The summed E-state index contributed by atoms with van der Waals surface area (Å²) in [5.74, 6) is -1.07. The fourth-order valence-electron chi connectivity index (χ4n) is 5.60. The van der Waals surface area contributed by atoms with Gasteiger partial charge < -0.3 is 0 Å². The molecule has 0 heterocycles. The van der Waals surface area contributed by atoms with Gasteiger partial charge in [0.15, 0.2) is 0 Å². The summed E-state index contributed by atoms with van der Waals surface area (Å²) in [5.41, 5.74) is 5.97. The predicted molar refractivity (Wildman–Crippen MR) is 164 cm³/mol. The van der Waals surface area contributed by atoms with Gasteiger partial charge in [-0.25, -0.2) is 0 Å². The zero-order chi connectivity index (χ0) is 28.2. The molecule has 1 aromatic rings. The molecule has 1 unspecified atom stereocenters. The van der Waals surface area contributed by atoms with Crippen LogP contribution in [0.5, 0.6) is 0 Å². The van der Waals surface area contributed by atoms with Gasteiger partial charge in [-0.1, -0.05) is 0 Å². The third kappa shape index (κ3) is 10.3. The van der Waals surface area contributed by atoms with E-state index in [1.807, 2.05) is 30.3 Å². The number of methoxy groups -OCH3 is 1. The molecule has 212 valence electrons. The molecule has 0 N–H and O–H groups in total. The van der Waals surface area contributed by atoms with Crippen LogP contribution in [0.15, 0.2) is 51.3 Å². The number of rotatable bonds is 15. The summed E-state index contributed by atoms with van der Waals surface area (Å²) in [5, 5.41) is 0. The number of benzene rings is 1. The molecule has 0 saturated heterocycles. The van der Waals surface area contributed by atoms with Crippen LogP contribution >= 0.6 is 0 Å². The van der Waals surface area contributed by atoms with E-state index in [0.717, 1.165) is 12.8 Å². The number of hydrogen-bond donors (Lipinski definition) is 0. The van der Waals surface area contributed by atoms with Crippen LogP contribution in [0.2, 0.25) is 33.0 Å². The number of carbonyl (C=O) groups is 2. The van der Waals surface area contributed by atoms with Crippen molar-refractivity contribution >= 4 is 38.4 Å². The fourth-order valence-corrected chi connectivity index (χ4v) is 22.4. The van der Waals surface area contributed by atoms with E-state index in [9.17, 15) is 9.59 Å². The number of allylic oxidation sites excluding steroid dienone is 2. The molecule has 0 aromatic heterocycles. The number of esters is 2. The molecule has 0 aliphatic heterocycles. The Morgan fingerprint density at radius 3 is 1.92 bits per heavy atom. The van der Waals surface area contributed by atoms with E-state index in [-0.39, 0.29) is 11.9 Å². The molecule has 1 aliphatic rings. The monoisotopic (exact) mass is 648 g/mol. The molecular weight excluding hydrogens is 595 g/mol. The maximum absolute atomic E-state index is 13.5. The summed E-state index contributed by atoms with van der Waals surface area (Å²) in [6.45, 7) is 14.0. The summed E-state index contributed by atoms with van der Waals surface area (Å²) in [6.07, 6.45) is 8.15. The van der Waals surface area contributed by atoms with E-state index in [1.165, 1.54) is 70.1 Å². The van der Waals surface area contributed by atoms with Crippen LogP contribution in [0.3, 0.4) is 0 Å². The van der Waals surface area contributed by atoms with Crippen LogP contribution < -0.4 is 0 Å². The third-order valence-corrected chi connectivity index (χ3v) is 23.1. The number of unbranched alkanes of at least 4 members (excludes halogenated alkanes) is 3. The number of hydrogen-bond acceptors (Lipinski definition) is 4. The molecule has 1 saturated carbocycles. The zero-order valence-corrected chi connectivity index (χ0v) is 29.0. The maximum atomic E-state index is 13.5. The molecule has 2 rings (SSSR count). The van der Waals surface area contributed by atoms with Crippen molar-refractivity contribution < 1.29 is 19.1 Å². The molecule has 0 bridgehead atoms. The van der Waals surface area contributed by atoms with E-state index in [1.54, 1.807) is 0 Å². The van der Waals surface area contributed by atoms with Crippen LogP contribution in [-0.4, -0.2) is 45.5 Å². The van der Waals surface area contributed by atoms with Gasteiger partial charge in [0.25, 0.3) is 0 Å². The summed E-state index contributed by atoms with van der Waals surface area (Å²) in [4.78, 5) is 26.1. The van der Waals surface area contributed by atoms with Crippen molar-refractivity contribution in [3.8, 4) is 0 Å². The molecule has 1 aliphatic carbocycles. The summed E-state index contributed by atoms with van der Waals surface area (Å²) in [6, 6.07) is 9.20. The number of ether oxygens (including phenoxy) is 2. The van der Waals surface area contributed by atoms with Gasteiger partial charge in [-0.3, -0.25) is 0 Å². The second-order valence-corrected chi connectivity index (χ2v) is 30.1. The Morgan fingerprint density at radius 2 is 1.45 bits per heavy atom. The van der Waals surface area contributed by atoms with Crippen molar-refractivity contribution in [1.82, 2.24) is 0 Å². The fraction of sp³-hybridized carbons (Fsp3) is 0.625. The quantitative estimate of drug-likeness (QED) is 0.141. The Hall–Kier alpha value is -1.34. The molecular formula is C32H52O4SiSn. The molecule has 1 fully saturated rings. The van der Waals surface area contributed by atoms with Gasteiger partial charge in [-0.2, -0.15) is 0 Å². The molecule has 4 nitrogen and oxygen atoms in total. The van der Waals surface area contributed by atoms with Crippen LogP contribution in [0, 0.1) is 5.92 Å². The van der Waals surface area contributed by atoms with E-state index >= 15 is 0 Å². The average molecular weight is 648 g/mol. The van der Waals surface area contributed by atoms with Crippen LogP contribution in [0.4, 0.5) is 0 Å². The Morgan fingerprint density at radius 1 is 0.921 bits per heavy atom. The second kappa shape index (κ2) is 16.0. The first-order valence-electron chi connectivity index (χ1n) is 14.8.